The van der Waals surface area contributed by atoms with E-state index in [1.165, 1.54) is 10.8 Å². The molecule has 0 saturated carbocycles. The molecule has 0 spiro atoms. The van der Waals surface area contributed by atoms with Crippen molar-refractivity contribution < 1.29 is 14.6 Å². The van der Waals surface area contributed by atoms with Crippen molar-refractivity contribution in [1.29, 1.82) is 0 Å². The van der Waals surface area contributed by atoms with Gasteiger partial charge in [-0.1, -0.05) is 54.6 Å². The minimum atomic E-state index is -0.936. The van der Waals surface area contributed by atoms with Crippen LogP contribution in [0.5, 0.6) is 5.75 Å². The molecule has 0 radical (unpaired) electrons. The Morgan fingerprint density at radius 3 is 2.57 bits per heavy atom. The van der Waals surface area contributed by atoms with Crippen molar-refractivity contribution in [3.8, 4) is 5.75 Å². The number of nitrogens with one attached hydrogen (secondary N) is 1. The highest BCUT2D eigenvalue weighted by molar-refractivity contribution is 9.10. The molecule has 4 aromatic rings. The number of carbonyl (C=O) groups is 1. The van der Waals surface area contributed by atoms with Gasteiger partial charge in [0.15, 0.2) is 0 Å². The SMILES string of the molecule is O=C(O)c1cccc(NCc2ccc(OCc3cccc4ccccc34)c(Br)c2)c1. The van der Waals surface area contributed by atoms with Gasteiger partial charge in [0.2, 0.25) is 0 Å². The van der Waals surface area contributed by atoms with Crippen molar-refractivity contribution in [1.82, 2.24) is 0 Å². The molecule has 0 saturated heterocycles. The van der Waals surface area contributed by atoms with E-state index in [-0.39, 0.29) is 5.56 Å². The Labute approximate surface area is 183 Å². The molecule has 0 atom stereocenters. The van der Waals surface area contributed by atoms with E-state index in [2.05, 4.69) is 45.5 Å². The molecule has 0 aliphatic rings. The number of ether oxygens (including phenoxy) is 1. The quantitative estimate of drug-likeness (QED) is 0.330. The van der Waals surface area contributed by atoms with Crippen LogP contribution in [0, 0.1) is 0 Å². The number of aromatic carboxylic acids is 1. The summed E-state index contributed by atoms with van der Waals surface area (Å²) in [5.74, 6) is -0.159. The summed E-state index contributed by atoms with van der Waals surface area (Å²) in [6.07, 6.45) is 0. The number of carboxylic acid groups (broad SMARTS) is 1. The summed E-state index contributed by atoms with van der Waals surface area (Å²) in [6.45, 7) is 1.06. The molecule has 150 valence electrons. The van der Waals surface area contributed by atoms with Gasteiger partial charge in [-0.2, -0.15) is 0 Å². The van der Waals surface area contributed by atoms with E-state index in [0.717, 1.165) is 27.0 Å². The first-order valence-electron chi connectivity index (χ1n) is 9.55. The Hall–Kier alpha value is -3.31. The molecule has 0 unspecified atom stereocenters. The average molecular weight is 462 g/mol. The first-order chi connectivity index (χ1) is 14.6. The van der Waals surface area contributed by atoms with E-state index in [1.807, 2.05) is 42.5 Å². The minimum Gasteiger partial charge on any atom is -0.488 e. The highest BCUT2D eigenvalue weighted by Gasteiger charge is 2.07. The second-order valence-electron chi connectivity index (χ2n) is 6.93. The van der Waals surface area contributed by atoms with Crippen LogP contribution >= 0.6 is 15.9 Å². The number of rotatable bonds is 7. The van der Waals surface area contributed by atoms with Crippen LogP contribution < -0.4 is 10.1 Å². The number of hydrogen-bond donors (Lipinski definition) is 2. The van der Waals surface area contributed by atoms with Crippen LogP contribution in [0.15, 0.2) is 89.4 Å². The van der Waals surface area contributed by atoms with Crippen LogP contribution in [0.1, 0.15) is 21.5 Å². The predicted octanol–water partition coefficient (Wildman–Crippen LogP) is 6.49. The maximum atomic E-state index is 11.1. The van der Waals surface area contributed by atoms with Gasteiger partial charge in [-0.3, -0.25) is 0 Å². The Balaban J connectivity index is 1.42. The highest BCUT2D eigenvalue weighted by atomic mass is 79.9. The number of benzene rings is 4. The van der Waals surface area contributed by atoms with Gasteiger partial charge in [0.05, 0.1) is 10.0 Å². The van der Waals surface area contributed by atoms with Crippen molar-refractivity contribution in [2.45, 2.75) is 13.2 Å². The molecule has 0 aliphatic carbocycles. The molecule has 5 heteroatoms. The zero-order valence-electron chi connectivity index (χ0n) is 16.1. The predicted molar refractivity (Wildman–Crippen MR) is 123 cm³/mol. The van der Waals surface area contributed by atoms with Crippen LogP contribution in [0.25, 0.3) is 10.8 Å². The molecule has 4 rings (SSSR count). The van der Waals surface area contributed by atoms with Crippen molar-refractivity contribution in [3.05, 3.63) is 106 Å². The third kappa shape index (κ3) is 4.63. The van der Waals surface area contributed by atoms with Gasteiger partial charge in [-0.05, 0) is 68.2 Å². The lowest BCUT2D eigenvalue weighted by Crippen LogP contribution is -2.02. The summed E-state index contributed by atoms with van der Waals surface area (Å²) in [7, 11) is 0. The van der Waals surface area contributed by atoms with Gasteiger partial charge in [0.1, 0.15) is 12.4 Å². The Morgan fingerprint density at radius 2 is 1.73 bits per heavy atom. The number of anilines is 1. The van der Waals surface area contributed by atoms with Crippen LogP contribution in [0.2, 0.25) is 0 Å². The number of halogens is 1. The number of hydrogen-bond acceptors (Lipinski definition) is 3. The summed E-state index contributed by atoms with van der Waals surface area (Å²) in [6, 6.07) is 27.2. The number of carboxylic acids is 1. The van der Waals surface area contributed by atoms with E-state index in [9.17, 15) is 4.79 Å². The zero-order valence-corrected chi connectivity index (χ0v) is 17.7. The Morgan fingerprint density at radius 1 is 0.933 bits per heavy atom. The fourth-order valence-electron chi connectivity index (χ4n) is 3.31. The number of fused-ring (bicyclic) bond motifs is 1. The molecular weight excluding hydrogens is 442 g/mol. The van der Waals surface area contributed by atoms with Crippen molar-refractivity contribution in [2.24, 2.45) is 0 Å². The summed E-state index contributed by atoms with van der Waals surface area (Å²) < 4.78 is 6.93. The minimum absolute atomic E-state index is 0.262. The molecule has 4 nitrogen and oxygen atoms in total. The van der Waals surface area contributed by atoms with Gasteiger partial charge in [-0.15, -0.1) is 0 Å². The molecule has 0 aliphatic heterocycles. The first kappa shape index (κ1) is 20.0. The van der Waals surface area contributed by atoms with Crippen LogP contribution in [0.4, 0.5) is 5.69 Å². The standard InChI is InChI=1S/C25H20BrNO3/c26-23-13-17(15-27-21-9-4-7-19(14-21)25(28)29)11-12-24(23)30-16-20-8-3-6-18-5-1-2-10-22(18)20/h1-14,27H,15-16H2,(H,28,29). The summed E-state index contributed by atoms with van der Waals surface area (Å²) in [4.78, 5) is 11.1. The van der Waals surface area contributed by atoms with Gasteiger partial charge < -0.3 is 15.2 Å². The van der Waals surface area contributed by atoms with Crippen LogP contribution in [-0.2, 0) is 13.2 Å². The maximum absolute atomic E-state index is 11.1. The summed E-state index contributed by atoms with van der Waals surface area (Å²) in [5, 5.41) is 14.8. The molecular formula is C25H20BrNO3. The van der Waals surface area contributed by atoms with E-state index in [4.69, 9.17) is 9.84 Å². The zero-order chi connectivity index (χ0) is 20.9. The van der Waals surface area contributed by atoms with Crippen molar-refractivity contribution >= 4 is 38.4 Å². The smallest absolute Gasteiger partial charge is 0.335 e. The fourth-order valence-corrected chi connectivity index (χ4v) is 3.85. The van der Waals surface area contributed by atoms with Gasteiger partial charge in [0.25, 0.3) is 0 Å². The third-order valence-electron chi connectivity index (χ3n) is 4.87. The molecule has 0 amide bonds. The lowest BCUT2D eigenvalue weighted by Gasteiger charge is -2.12. The van der Waals surface area contributed by atoms with E-state index in [1.54, 1.807) is 18.2 Å². The van der Waals surface area contributed by atoms with E-state index >= 15 is 0 Å². The van der Waals surface area contributed by atoms with Crippen molar-refractivity contribution in [2.75, 3.05) is 5.32 Å². The molecule has 4 aromatic carbocycles. The lowest BCUT2D eigenvalue weighted by atomic mass is 10.1. The topological polar surface area (TPSA) is 58.6 Å². The Bertz CT molecular complexity index is 1200. The maximum Gasteiger partial charge on any atom is 0.335 e. The van der Waals surface area contributed by atoms with Crippen LogP contribution in [0.3, 0.4) is 0 Å². The summed E-state index contributed by atoms with van der Waals surface area (Å²) in [5.41, 5.74) is 3.23. The molecule has 30 heavy (non-hydrogen) atoms. The van der Waals surface area contributed by atoms with E-state index < -0.39 is 5.97 Å². The monoisotopic (exact) mass is 461 g/mol. The molecule has 0 bridgehead atoms. The van der Waals surface area contributed by atoms with E-state index in [0.29, 0.717) is 13.2 Å². The summed E-state index contributed by atoms with van der Waals surface area (Å²) >= 11 is 3.60. The average Bonchev–Trinajstić information content (AvgIpc) is 2.77. The van der Waals surface area contributed by atoms with Crippen LogP contribution in [-0.4, -0.2) is 11.1 Å². The highest BCUT2D eigenvalue weighted by Crippen LogP contribution is 2.28. The molecule has 0 heterocycles. The van der Waals surface area contributed by atoms with Gasteiger partial charge in [-0.25, -0.2) is 4.79 Å². The van der Waals surface area contributed by atoms with Crippen molar-refractivity contribution in [3.63, 3.8) is 0 Å². The molecule has 0 aromatic heterocycles. The first-order valence-corrected chi connectivity index (χ1v) is 10.3. The second kappa shape index (κ2) is 9.01. The largest absolute Gasteiger partial charge is 0.488 e. The fraction of sp³-hybridized carbons (Fsp3) is 0.0800. The second-order valence-corrected chi connectivity index (χ2v) is 7.79. The molecule has 0 fully saturated rings. The lowest BCUT2D eigenvalue weighted by molar-refractivity contribution is 0.0697. The molecule has 2 N–H and O–H groups in total. The third-order valence-corrected chi connectivity index (χ3v) is 5.49. The van der Waals surface area contributed by atoms with Gasteiger partial charge in [0, 0.05) is 12.2 Å². The Kier molecular flexibility index (Phi) is 6.00. The normalized spacial score (nSPS) is 10.7. The van der Waals surface area contributed by atoms with Gasteiger partial charge >= 0.3 is 5.97 Å².